The van der Waals surface area contributed by atoms with Crippen LogP contribution in [0.2, 0.25) is 0 Å². The summed E-state index contributed by atoms with van der Waals surface area (Å²) >= 11 is 0. The number of aliphatic hydroxyl groups excluding tert-OH is 1. The quantitative estimate of drug-likeness (QED) is 0.153. The molecule has 2 heterocycles. The van der Waals surface area contributed by atoms with Gasteiger partial charge in [0.15, 0.2) is 0 Å². The maximum absolute atomic E-state index is 15.1. The van der Waals surface area contributed by atoms with E-state index in [4.69, 9.17) is 24.5 Å². The molecule has 18 heteroatoms. The molecule has 40 heavy (non-hydrogen) atoms. The van der Waals surface area contributed by atoms with Crippen molar-refractivity contribution in [3.8, 4) is 0 Å². The van der Waals surface area contributed by atoms with Crippen LogP contribution in [0.4, 0.5) is 19.0 Å². The number of anilines is 1. The molecule has 0 bridgehead atoms. The summed E-state index contributed by atoms with van der Waals surface area (Å²) in [5.41, 5.74) is 1.18. The van der Waals surface area contributed by atoms with Crippen LogP contribution in [0, 0.1) is 0 Å². The molecule has 1 aromatic heterocycles. The molecule has 14 nitrogen and oxygen atoms in total. The van der Waals surface area contributed by atoms with Crippen LogP contribution >= 0.6 is 8.02 Å². The predicted molar refractivity (Wildman–Crippen MR) is 137 cm³/mol. The molecule has 0 spiro atoms. The first kappa shape index (κ1) is 33.8. The number of esters is 2. The number of ether oxygens (including phenoxy) is 3. The van der Waals surface area contributed by atoms with Crippen LogP contribution in [0.15, 0.2) is 17.1 Å². The van der Waals surface area contributed by atoms with Gasteiger partial charge < -0.3 is 0 Å². The van der Waals surface area contributed by atoms with Crippen molar-refractivity contribution in [2.75, 3.05) is 12.3 Å². The third-order valence-corrected chi connectivity index (χ3v) is 7.86. The van der Waals surface area contributed by atoms with Gasteiger partial charge in [0.05, 0.1) is 0 Å². The first-order valence-corrected chi connectivity index (χ1v) is 14.2. The van der Waals surface area contributed by atoms with Gasteiger partial charge in [-0.25, -0.2) is 0 Å². The number of nitrogens with two attached hydrogens (primary N) is 1. The van der Waals surface area contributed by atoms with Crippen molar-refractivity contribution < 1.29 is 51.5 Å². The topological polar surface area (TPSA) is 196 Å². The summed E-state index contributed by atoms with van der Waals surface area (Å²) in [6.45, 7) is 7.51. The fraction of sp³-hybridized carbons (Fsp3) is 0.727. The van der Waals surface area contributed by atoms with E-state index in [2.05, 4.69) is 15.2 Å². The summed E-state index contributed by atoms with van der Waals surface area (Å²) < 4.78 is 65.2. The van der Waals surface area contributed by atoms with Crippen molar-refractivity contribution in [1.82, 2.24) is 19.7 Å². The number of alkyl halides is 3. The monoisotopic (exact) mass is 603 g/mol. The Hall–Kier alpha value is -2.40. The maximum atomic E-state index is 15.1. The summed E-state index contributed by atoms with van der Waals surface area (Å²) in [5, 5.41) is 15.4. The number of aliphatic hydroxyl groups is 1. The summed E-state index contributed by atoms with van der Waals surface area (Å²) in [6.07, 6.45) is -10.9. The minimum absolute atomic E-state index is 0.220. The number of aromatic nitrogens is 2. The summed E-state index contributed by atoms with van der Waals surface area (Å²) in [6, 6.07) is -1.46. The average molecular weight is 604 g/mol. The van der Waals surface area contributed by atoms with E-state index in [1.807, 2.05) is 0 Å². The molecule has 1 aromatic rings. The van der Waals surface area contributed by atoms with Crippen molar-refractivity contribution >= 4 is 25.8 Å². The van der Waals surface area contributed by atoms with Gasteiger partial charge in [-0.05, 0) is 0 Å². The number of nitrogens with zero attached hydrogens (tertiary/aromatic N) is 2. The predicted octanol–water partition coefficient (Wildman–Crippen LogP) is 0.335. The molecule has 1 aliphatic heterocycles. The SMILES string of the molecule is CC(C)OC(=O)[C@H](C)N[PH](O)(N[C@@H](C)C(=O)OC(C)C)OC[C@@]1(C(F)F)O[C@@H](n2ccc(N)nc2=O)[C@@H](F)[C@@H]1O. The van der Waals surface area contributed by atoms with Crippen LogP contribution in [0.1, 0.15) is 47.8 Å². The van der Waals surface area contributed by atoms with Crippen molar-refractivity contribution in [1.29, 1.82) is 0 Å². The molecule has 1 aliphatic rings. The molecule has 0 unspecified atom stereocenters. The van der Waals surface area contributed by atoms with E-state index >= 15 is 4.39 Å². The normalized spacial score (nSPS) is 25.3. The van der Waals surface area contributed by atoms with Crippen molar-refractivity contribution in [3.63, 3.8) is 0 Å². The number of carbonyl (C=O) groups excluding carboxylic acids is 2. The van der Waals surface area contributed by atoms with Gasteiger partial charge in [0.2, 0.25) is 0 Å². The van der Waals surface area contributed by atoms with E-state index in [0.717, 1.165) is 12.3 Å². The second-order valence-corrected chi connectivity index (χ2v) is 12.0. The molecule has 2 rings (SSSR count). The summed E-state index contributed by atoms with van der Waals surface area (Å²) in [4.78, 5) is 51.6. The number of carbonyl (C=O) groups is 2. The first-order chi connectivity index (χ1) is 18.4. The summed E-state index contributed by atoms with van der Waals surface area (Å²) in [5.74, 6) is -1.91. The Kier molecular flexibility index (Phi) is 11.4. The van der Waals surface area contributed by atoms with E-state index < -0.39 is 87.1 Å². The van der Waals surface area contributed by atoms with Gasteiger partial charge >= 0.3 is 228 Å². The van der Waals surface area contributed by atoms with Crippen LogP contribution in [0.25, 0.3) is 0 Å². The van der Waals surface area contributed by atoms with E-state index in [1.54, 1.807) is 27.7 Å². The Balaban J connectivity index is 2.38. The minimum atomic E-state index is -4.78. The Labute approximate surface area is 228 Å². The van der Waals surface area contributed by atoms with Gasteiger partial charge in [-0.1, -0.05) is 0 Å². The van der Waals surface area contributed by atoms with E-state index in [1.165, 1.54) is 13.8 Å². The van der Waals surface area contributed by atoms with Crippen LogP contribution < -0.4 is 21.6 Å². The van der Waals surface area contributed by atoms with Gasteiger partial charge in [-0.2, -0.15) is 0 Å². The number of hydrogen-bond acceptors (Lipinski definition) is 13. The number of nitrogen functional groups attached to an aromatic ring is 1. The number of rotatable bonds is 13. The van der Waals surface area contributed by atoms with E-state index in [-0.39, 0.29) is 5.82 Å². The molecule has 0 aliphatic carbocycles. The fourth-order valence-corrected chi connectivity index (χ4v) is 5.79. The van der Waals surface area contributed by atoms with Gasteiger partial charge in [-0.15, -0.1) is 0 Å². The zero-order chi connectivity index (χ0) is 30.6. The van der Waals surface area contributed by atoms with E-state index in [0.29, 0.717) is 4.57 Å². The Morgan fingerprint density at radius 3 is 2.08 bits per heavy atom. The Bertz CT molecular complexity index is 1070. The van der Waals surface area contributed by atoms with Crippen LogP contribution in [-0.2, 0) is 28.3 Å². The Morgan fingerprint density at radius 2 is 1.65 bits per heavy atom. The zero-order valence-electron chi connectivity index (χ0n) is 22.8. The van der Waals surface area contributed by atoms with Crippen LogP contribution in [0.3, 0.4) is 0 Å². The van der Waals surface area contributed by atoms with Crippen molar-refractivity contribution in [2.45, 2.75) is 96.4 Å². The third-order valence-electron chi connectivity index (χ3n) is 5.65. The average Bonchev–Trinajstić information content (AvgIpc) is 3.08. The van der Waals surface area contributed by atoms with Gasteiger partial charge in [0.1, 0.15) is 0 Å². The molecule has 230 valence electrons. The zero-order valence-corrected chi connectivity index (χ0v) is 23.8. The molecule has 1 fully saturated rings. The molecule has 0 amide bonds. The van der Waals surface area contributed by atoms with Crippen LogP contribution in [0.5, 0.6) is 0 Å². The third kappa shape index (κ3) is 8.09. The standard InChI is InChI=1S/C22H37F3N5O9P/c1-10(2)37-18(32)12(5)28-40(35,29-13(6)19(33)38-11(3)4)36-9-22(20(24)25)16(31)15(23)17(39-22)30-8-7-14(26)27-21(30)34/h7-8,10-13,15-17,20,28-29,31,35,40H,9H2,1-6H3,(H2,26,27,34)/t12-,13-,15-,16-,17+,22+/m0/s1. The molecular formula is C22H37F3N5O9P. The number of nitrogens with one attached hydrogen (secondary N) is 2. The molecular weight excluding hydrogens is 566 g/mol. The molecule has 6 atom stereocenters. The fourth-order valence-electron chi connectivity index (χ4n) is 3.69. The van der Waals surface area contributed by atoms with Crippen molar-refractivity contribution in [2.24, 2.45) is 0 Å². The molecule has 0 saturated carbocycles. The number of halogens is 3. The van der Waals surface area contributed by atoms with Crippen LogP contribution in [-0.4, -0.2) is 86.7 Å². The number of hydrogen-bond donors (Lipinski definition) is 5. The van der Waals surface area contributed by atoms with E-state index in [9.17, 15) is 33.2 Å². The second-order valence-electron chi connectivity index (χ2n) is 9.83. The molecule has 1 saturated heterocycles. The molecule has 0 radical (unpaired) electrons. The second kappa shape index (κ2) is 13.5. The van der Waals surface area contributed by atoms with Gasteiger partial charge in [-0.3, -0.25) is 0 Å². The van der Waals surface area contributed by atoms with Crippen molar-refractivity contribution in [3.05, 3.63) is 22.7 Å². The van der Waals surface area contributed by atoms with Gasteiger partial charge in [0, 0.05) is 0 Å². The van der Waals surface area contributed by atoms with Gasteiger partial charge in [0.25, 0.3) is 0 Å². The summed E-state index contributed by atoms with van der Waals surface area (Å²) in [7, 11) is -4.78. The molecule has 6 N–H and O–H groups in total. The first-order valence-electron chi connectivity index (χ1n) is 12.4. The Morgan fingerprint density at radius 1 is 1.15 bits per heavy atom. The molecule has 0 aromatic carbocycles.